The van der Waals surface area contributed by atoms with E-state index in [0.29, 0.717) is 29.8 Å². The van der Waals surface area contributed by atoms with E-state index in [0.717, 1.165) is 16.9 Å². The number of amides is 1. The topological polar surface area (TPSA) is 93.5 Å². The lowest BCUT2D eigenvalue weighted by atomic mass is 10.1. The summed E-state index contributed by atoms with van der Waals surface area (Å²) in [5.74, 6) is 1.13. The van der Waals surface area contributed by atoms with Crippen LogP contribution in [-0.4, -0.2) is 45.6 Å². The molecule has 174 valence electrons. The fraction of sp³-hybridized carbons (Fsp3) is 0.222. The zero-order chi connectivity index (χ0) is 23.9. The molecule has 4 aromatic rings. The number of nitrogens with zero attached hydrogens (tertiary/aromatic N) is 2. The molecule has 0 aliphatic carbocycles. The number of hydrogen-bond donors (Lipinski definition) is 2. The molecule has 7 heteroatoms. The number of ketones is 1. The largest absolute Gasteiger partial charge is 0.491 e. The first-order valence-corrected chi connectivity index (χ1v) is 11.2. The molecule has 7 nitrogen and oxygen atoms in total. The van der Waals surface area contributed by atoms with Gasteiger partial charge in [-0.15, -0.1) is 0 Å². The zero-order valence-electron chi connectivity index (χ0n) is 19.0. The number of aliphatic hydroxyl groups excluding tert-OH is 1. The lowest BCUT2D eigenvalue weighted by Crippen LogP contribution is -2.28. The van der Waals surface area contributed by atoms with Crippen LogP contribution < -0.4 is 10.1 Å². The number of hydrogen-bond acceptors (Lipinski definition) is 5. The Morgan fingerprint density at radius 3 is 2.53 bits per heavy atom. The van der Waals surface area contributed by atoms with Gasteiger partial charge in [-0.1, -0.05) is 42.5 Å². The lowest BCUT2D eigenvalue weighted by Gasteiger charge is -2.16. The second-order valence-electron chi connectivity index (χ2n) is 8.05. The summed E-state index contributed by atoms with van der Waals surface area (Å²) in [6.07, 6.45) is -0.280. The van der Waals surface area contributed by atoms with Crippen LogP contribution in [0.5, 0.6) is 5.75 Å². The quantitative estimate of drug-likeness (QED) is 0.355. The van der Waals surface area contributed by atoms with E-state index in [1.807, 2.05) is 47.0 Å². The number of aliphatic hydroxyl groups is 1. The number of aromatic nitrogens is 2. The summed E-state index contributed by atoms with van der Waals surface area (Å²) in [6.45, 7) is 2.27. The van der Waals surface area contributed by atoms with Crippen molar-refractivity contribution in [1.29, 1.82) is 0 Å². The Labute approximate surface area is 198 Å². The van der Waals surface area contributed by atoms with Crippen molar-refractivity contribution >= 4 is 22.7 Å². The van der Waals surface area contributed by atoms with Gasteiger partial charge >= 0.3 is 0 Å². The lowest BCUT2D eigenvalue weighted by molar-refractivity contribution is 0.0920. The first-order chi connectivity index (χ1) is 16.5. The van der Waals surface area contributed by atoms with Gasteiger partial charge in [-0.2, -0.15) is 0 Å². The van der Waals surface area contributed by atoms with Gasteiger partial charge in [-0.05, 0) is 43.3 Å². The highest BCUT2D eigenvalue weighted by molar-refractivity contribution is 5.94. The van der Waals surface area contributed by atoms with E-state index in [9.17, 15) is 14.7 Å². The van der Waals surface area contributed by atoms with Gasteiger partial charge in [0.2, 0.25) is 0 Å². The number of rotatable bonds is 10. The van der Waals surface area contributed by atoms with Crippen LogP contribution in [0.15, 0.2) is 78.9 Å². The smallest absolute Gasteiger partial charge is 0.251 e. The minimum Gasteiger partial charge on any atom is -0.491 e. The van der Waals surface area contributed by atoms with Crippen LogP contribution in [0.3, 0.4) is 0 Å². The van der Waals surface area contributed by atoms with Crippen LogP contribution in [0.4, 0.5) is 0 Å². The van der Waals surface area contributed by atoms with Crippen molar-refractivity contribution in [3.05, 3.63) is 95.8 Å². The molecule has 3 aromatic carbocycles. The third-order valence-electron chi connectivity index (χ3n) is 5.48. The number of nitrogens with one attached hydrogen (secondary N) is 1. The zero-order valence-corrected chi connectivity index (χ0v) is 19.0. The predicted octanol–water partition coefficient (Wildman–Crippen LogP) is 3.65. The van der Waals surface area contributed by atoms with Crippen LogP contribution in [-0.2, 0) is 13.0 Å². The summed E-state index contributed by atoms with van der Waals surface area (Å²) in [7, 11) is 0. The number of fused-ring (bicyclic) bond motifs is 1. The molecule has 1 amide bonds. The summed E-state index contributed by atoms with van der Waals surface area (Å²) in [6, 6.07) is 23.7. The predicted molar refractivity (Wildman–Crippen MR) is 130 cm³/mol. The van der Waals surface area contributed by atoms with Gasteiger partial charge in [-0.25, -0.2) is 4.98 Å². The van der Waals surface area contributed by atoms with Crippen molar-refractivity contribution in [2.75, 3.05) is 13.2 Å². The van der Waals surface area contributed by atoms with E-state index in [2.05, 4.69) is 5.32 Å². The van der Waals surface area contributed by atoms with Crippen LogP contribution in [0.25, 0.3) is 11.0 Å². The molecule has 1 unspecified atom stereocenters. The molecule has 2 N–H and O–H groups in total. The molecule has 1 aromatic heterocycles. The third kappa shape index (κ3) is 5.68. The Morgan fingerprint density at radius 1 is 1.00 bits per heavy atom. The molecule has 1 atom stereocenters. The van der Waals surface area contributed by atoms with Crippen LogP contribution in [0.1, 0.15) is 33.5 Å². The van der Waals surface area contributed by atoms with Crippen LogP contribution >= 0.6 is 0 Å². The maximum atomic E-state index is 12.3. The first kappa shape index (κ1) is 23.2. The van der Waals surface area contributed by atoms with E-state index < -0.39 is 6.10 Å². The van der Waals surface area contributed by atoms with Crippen LogP contribution in [0.2, 0.25) is 0 Å². The fourth-order valence-electron chi connectivity index (χ4n) is 3.76. The van der Waals surface area contributed by atoms with Crippen molar-refractivity contribution in [3.8, 4) is 5.75 Å². The van der Waals surface area contributed by atoms with Crippen molar-refractivity contribution < 1.29 is 19.4 Å². The molecular weight excluding hydrogens is 430 g/mol. The van der Waals surface area contributed by atoms with Gasteiger partial charge in [0.05, 0.1) is 17.6 Å². The number of benzene rings is 3. The SMILES string of the molecule is CC(=O)c1cccc(OCC(O)Cn2c(CCNC(=O)c3ccccc3)nc3ccccc32)c1. The highest BCUT2D eigenvalue weighted by Gasteiger charge is 2.15. The molecule has 0 spiro atoms. The molecule has 0 aliphatic heterocycles. The van der Waals surface area contributed by atoms with Crippen molar-refractivity contribution in [1.82, 2.24) is 14.9 Å². The number of para-hydroxylation sites is 2. The number of carbonyl (C=O) groups excluding carboxylic acids is 2. The van der Waals surface area contributed by atoms with E-state index in [-0.39, 0.29) is 24.8 Å². The average molecular weight is 458 g/mol. The van der Waals surface area contributed by atoms with Gasteiger partial charge in [0.25, 0.3) is 5.91 Å². The van der Waals surface area contributed by atoms with Gasteiger partial charge in [0, 0.05) is 24.1 Å². The Morgan fingerprint density at radius 2 is 1.74 bits per heavy atom. The molecule has 4 rings (SSSR count). The van der Waals surface area contributed by atoms with E-state index in [4.69, 9.17) is 9.72 Å². The number of Topliss-reactive ketones (excluding diaryl/α,β-unsaturated/α-hetero) is 1. The maximum Gasteiger partial charge on any atom is 0.251 e. The van der Waals surface area contributed by atoms with Crippen molar-refractivity contribution in [3.63, 3.8) is 0 Å². The summed E-state index contributed by atoms with van der Waals surface area (Å²) in [4.78, 5) is 28.6. The van der Waals surface area contributed by atoms with Crippen LogP contribution in [0, 0.1) is 0 Å². The standard InChI is InChI=1S/C27H27N3O4/c1-19(31)21-10-7-11-23(16-21)34-18-22(32)17-30-25-13-6-5-12-24(25)29-26(30)14-15-28-27(33)20-8-3-2-4-9-20/h2-13,16,22,32H,14-15,17-18H2,1H3,(H,28,33). The molecule has 34 heavy (non-hydrogen) atoms. The van der Waals surface area contributed by atoms with Gasteiger partial charge in [0.15, 0.2) is 5.78 Å². The van der Waals surface area contributed by atoms with Gasteiger partial charge in [-0.3, -0.25) is 9.59 Å². The van der Waals surface area contributed by atoms with Gasteiger partial charge in [0.1, 0.15) is 24.3 Å². The summed E-state index contributed by atoms with van der Waals surface area (Å²) in [5, 5.41) is 13.6. The number of carbonyl (C=O) groups is 2. The molecule has 0 aliphatic rings. The van der Waals surface area contributed by atoms with E-state index in [1.54, 1.807) is 36.4 Å². The maximum absolute atomic E-state index is 12.3. The first-order valence-electron chi connectivity index (χ1n) is 11.2. The Balaban J connectivity index is 1.42. The summed E-state index contributed by atoms with van der Waals surface area (Å²) in [5.41, 5.74) is 2.91. The van der Waals surface area contributed by atoms with E-state index >= 15 is 0 Å². The normalized spacial score (nSPS) is 11.8. The minimum absolute atomic E-state index is 0.0418. The second kappa shape index (κ2) is 10.8. The molecule has 0 fully saturated rings. The second-order valence-corrected chi connectivity index (χ2v) is 8.05. The molecule has 0 bridgehead atoms. The molecule has 1 heterocycles. The monoisotopic (exact) mass is 457 g/mol. The third-order valence-corrected chi connectivity index (χ3v) is 5.48. The Kier molecular flexibility index (Phi) is 7.34. The fourth-order valence-corrected chi connectivity index (χ4v) is 3.76. The number of ether oxygens (including phenoxy) is 1. The van der Waals surface area contributed by atoms with Crippen molar-refractivity contribution in [2.24, 2.45) is 0 Å². The van der Waals surface area contributed by atoms with Crippen molar-refractivity contribution in [2.45, 2.75) is 26.0 Å². The highest BCUT2D eigenvalue weighted by Crippen LogP contribution is 2.18. The van der Waals surface area contributed by atoms with Gasteiger partial charge < -0.3 is 19.7 Å². The van der Waals surface area contributed by atoms with E-state index in [1.165, 1.54) is 6.92 Å². The highest BCUT2D eigenvalue weighted by atomic mass is 16.5. The summed E-state index contributed by atoms with van der Waals surface area (Å²) < 4.78 is 7.69. The molecule has 0 saturated heterocycles. The molecule has 0 saturated carbocycles. The Hall–Kier alpha value is -3.97. The average Bonchev–Trinajstić information content (AvgIpc) is 3.20. The molecular formula is C27H27N3O4. The number of imidazole rings is 1. The minimum atomic E-state index is -0.795. The summed E-state index contributed by atoms with van der Waals surface area (Å²) >= 11 is 0. The Bertz CT molecular complexity index is 1280. The molecule has 0 radical (unpaired) electrons.